The number of quaternary nitrogens is 1. The maximum absolute atomic E-state index is 13.0. The Kier molecular flexibility index (Phi) is 4.47. The number of carbonyl (C=O) groups is 1. The van der Waals surface area contributed by atoms with Gasteiger partial charge >= 0.3 is 5.56 Å². The molecule has 0 aliphatic carbocycles. The molecule has 1 aromatic carbocycles. The maximum Gasteiger partial charge on any atom is 0.315 e. The molecular weight excluding hydrogens is 350 g/mol. The molecule has 8 heteroatoms. The molecule has 4 rings (SSSR count). The highest BCUT2D eigenvalue weighted by Crippen LogP contribution is 2.36. The van der Waals surface area contributed by atoms with Crippen LogP contribution in [0.5, 0.6) is 5.75 Å². The highest BCUT2D eigenvalue weighted by Gasteiger charge is 2.37. The van der Waals surface area contributed by atoms with Gasteiger partial charge in [-0.05, 0) is 30.5 Å². The van der Waals surface area contributed by atoms with Gasteiger partial charge in [0.15, 0.2) is 0 Å². The molecule has 1 unspecified atom stereocenters. The average Bonchev–Trinajstić information content (AvgIpc) is 2.67. The number of fused-ring (bicyclic) bond motifs is 4. The van der Waals surface area contributed by atoms with Crippen molar-refractivity contribution in [1.29, 1.82) is 0 Å². The molecule has 1 saturated heterocycles. The number of pyridine rings is 1. The van der Waals surface area contributed by atoms with Crippen molar-refractivity contribution in [3.8, 4) is 5.75 Å². The molecule has 2 N–H and O–H groups in total. The van der Waals surface area contributed by atoms with Crippen LogP contribution in [0.1, 0.15) is 28.4 Å². The average molecular weight is 371 g/mol. The predicted octanol–water partition coefficient (Wildman–Crippen LogP) is 0.520. The van der Waals surface area contributed by atoms with Crippen LogP contribution in [0.3, 0.4) is 0 Å². The first kappa shape index (κ1) is 17.7. The zero-order valence-electron chi connectivity index (χ0n) is 14.9. The smallest absolute Gasteiger partial charge is 0.315 e. The second-order valence-electron chi connectivity index (χ2n) is 7.10. The number of hydrogen-bond acceptors (Lipinski definition) is 5. The van der Waals surface area contributed by atoms with Crippen molar-refractivity contribution in [3.63, 3.8) is 0 Å². The molecule has 27 heavy (non-hydrogen) atoms. The molecule has 0 saturated carbocycles. The second kappa shape index (κ2) is 6.80. The summed E-state index contributed by atoms with van der Waals surface area (Å²) in [6, 6.07) is 10.2. The number of rotatable bonds is 3. The normalized spacial score (nSPS) is 22.1. The number of aromatic nitrogens is 1. The minimum absolute atomic E-state index is 0.0201. The van der Waals surface area contributed by atoms with Gasteiger partial charge in [0.2, 0.25) is 5.69 Å². The minimum Gasteiger partial charge on any atom is -0.595 e. The summed E-state index contributed by atoms with van der Waals surface area (Å²) >= 11 is 0. The van der Waals surface area contributed by atoms with Crippen molar-refractivity contribution < 1.29 is 20.0 Å². The number of amides is 1. The molecule has 2 aromatic rings. The van der Waals surface area contributed by atoms with E-state index in [1.165, 1.54) is 6.07 Å². The molecule has 8 nitrogen and oxygen atoms in total. The minimum atomic E-state index is -1.21. The third-order valence-electron chi connectivity index (χ3n) is 5.46. The lowest BCUT2D eigenvalue weighted by atomic mass is 9.83. The number of benzene rings is 1. The van der Waals surface area contributed by atoms with Gasteiger partial charge in [0.05, 0.1) is 12.7 Å². The summed E-state index contributed by atoms with van der Waals surface area (Å²) in [7, 11) is 1.54. The van der Waals surface area contributed by atoms with Crippen LogP contribution in [0.25, 0.3) is 0 Å². The van der Waals surface area contributed by atoms with Crippen molar-refractivity contribution in [3.05, 3.63) is 63.2 Å². The number of nitrogens with one attached hydrogen (secondary N) is 1. The third-order valence-corrected chi connectivity index (χ3v) is 5.46. The molecular formula is C19H21N3O5. The number of likely N-dealkylation sites (tertiary alicyclic amines) is 1. The Morgan fingerprint density at radius 3 is 2.74 bits per heavy atom. The van der Waals surface area contributed by atoms with Gasteiger partial charge in [0.25, 0.3) is 5.91 Å². The van der Waals surface area contributed by atoms with E-state index in [9.17, 15) is 20.0 Å². The van der Waals surface area contributed by atoms with Crippen LogP contribution < -0.4 is 15.5 Å². The molecule has 3 atom stereocenters. The van der Waals surface area contributed by atoms with Crippen LogP contribution in [0.2, 0.25) is 0 Å². The fourth-order valence-corrected chi connectivity index (χ4v) is 4.27. The summed E-state index contributed by atoms with van der Waals surface area (Å²) in [5.41, 5.74) is 0.664. The van der Waals surface area contributed by atoms with Gasteiger partial charge < -0.3 is 19.4 Å². The van der Waals surface area contributed by atoms with Gasteiger partial charge in [-0.2, -0.15) is 5.23 Å². The molecule has 2 aliphatic heterocycles. The molecule has 3 heterocycles. The van der Waals surface area contributed by atoms with E-state index in [0.717, 1.165) is 12.1 Å². The molecule has 1 aromatic heterocycles. The number of carbonyl (C=O) groups excluding carboxylic acids is 1. The quantitative estimate of drug-likeness (QED) is 0.767. The summed E-state index contributed by atoms with van der Waals surface area (Å²) in [5.74, 6) is 0.601. The van der Waals surface area contributed by atoms with E-state index in [0.29, 0.717) is 30.9 Å². The molecule has 0 spiro atoms. The van der Waals surface area contributed by atoms with Gasteiger partial charge in [-0.1, -0.05) is 12.1 Å². The predicted molar refractivity (Wildman–Crippen MR) is 96.2 cm³/mol. The van der Waals surface area contributed by atoms with Crippen LogP contribution in [-0.2, 0) is 6.54 Å². The van der Waals surface area contributed by atoms with E-state index in [-0.39, 0.29) is 23.4 Å². The van der Waals surface area contributed by atoms with Crippen molar-refractivity contribution in [1.82, 2.24) is 9.47 Å². The van der Waals surface area contributed by atoms with Crippen molar-refractivity contribution in [2.24, 2.45) is 5.92 Å². The van der Waals surface area contributed by atoms with E-state index in [4.69, 9.17) is 4.74 Å². The Labute approximate surface area is 155 Å². The fraction of sp³-hybridized carbons (Fsp3) is 0.368. The zero-order valence-corrected chi connectivity index (χ0v) is 14.9. The Balaban J connectivity index is 1.64. The van der Waals surface area contributed by atoms with Gasteiger partial charge in [-0.15, -0.1) is 0 Å². The van der Waals surface area contributed by atoms with Crippen LogP contribution in [0, 0.1) is 11.1 Å². The highest BCUT2D eigenvalue weighted by molar-refractivity contribution is 5.97. The second-order valence-corrected chi connectivity index (χ2v) is 7.10. The van der Waals surface area contributed by atoms with E-state index in [2.05, 4.69) is 0 Å². The third kappa shape index (κ3) is 3.01. The SMILES string of the molecule is COc1ccccc1C(=O)N1C[C@@H]2C[C@@H](C1)c1ccc([NH+]([O-])O)c(=O)n1C2. The van der Waals surface area contributed by atoms with E-state index in [1.807, 2.05) is 17.0 Å². The Morgan fingerprint density at radius 2 is 2.00 bits per heavy atom. The standard InChI is InChI=1S/C19H21N3O5/c1-27-17-5-3-2-4-14(17)18(23)20-9-12-8-13(11-20)15-6-7-16(22(25)26)19(24)21(15)10-12/h2-7,12-13,22,25H,8-11H2,1H3/t12-,13-/m0/s1. The van der Waals surface area contributed by atoms with Gasteiger partial charge in [-0.25, -0.2) is 5.21 Å². The van der Waals surface area contributed by atoms with E-state index in [1.54, 1.807) is 29.9 Å². The van der Waals surface area contributed by atoms with Gasteiger partial charge in [0.1, 0.15) is 5.75 Å². The monoisotopic (exact) mass is 371 g/mol. The molecule has 2 bridgehead atoms. The number of ether oxygens (including phenoxy) is 1. The summed E-state index contributed by atoms with van der Waals surface area (Å²) < 4.78 is 6.89. The molecule has 1 amide bonds. The largest absolute Gasteiger partial charge is 0.595 e. The van der Waals surface area contributed by atoms with Crippen molar-refractivity contribution >= 4 is 11.6 Å². The number of piperidine rings is 1. The summed E-state index contributed by atoms with van der Waals surface area (Å²) in [5, 5.41) is 19.2. The Bertz CT molecular complexity index is 939. The lowest BCUT2D eigenvalue weighted by molar-refractivity contribution is -0.992. The first-order chi connectivity index (χ1) is 13.0. The lowest BCUT2D eigenvalue weighted by Gasteiger charge is -2.43. The highest BCUT2D eigenvalue weighted by atomic mass is 16.8. The molecule has 2 aliphatic rings. The van der Waals surface area contributed by atoms with Crippen LogP contribution >= 0.6 is 0 Å². The van der Waals surface area contributed by atoms with Crippen LogP contribution in [-0.4, -0.2) is 40.8 Å². The first-order valence-electron chi connectivity index (χ1n) is 8.89. The first-order valence-corrected chi connectivity index (χ1v) is 8.89. The molecule has 1 fully saturated rings. The zero-order chi connectivity index (χ0) is 19.1. The maximum atomic E-state index is 13.0. The summed E-state index contributed by atoms with van der Waals surface area (Å²) in [6.07, 6.45) is 0.890. The number of para-hydroxylation sites is 1. The topological polar surface area (TPSA) is 99.3 Å². The van der Waals surface area contributed by atoms with Crippen LogP contribution in [0.15, 0.2) is 41.2 Å². The van der Waals surface area contributed by atoms with Crippen molar-refractivity contribution in [2.75, 3.05) is 20.2 Å². The fourth-order valence-electron chi connectivity index (χ4n) is 4.27. The molecule has 142 valence electrons. The van der Waals surface area contributed by atoms with Gasteiger partial charge in [0, 0.05) is 37.3 Å². The van der Waals surface area contributed by atoms with E-state index >= 15 is 0 Å². The Morgan fingerprint density at radius 1 is 1.22 bits per heavy atom. The summed E-state index contributed by atoms with van der Waals surface area (Å²) in [4.78, 5) is 27.3. The summed E-state index contributed by atoms with van der Waals surface area (Å²) in [6.45, 7) is 1.47. The number of nitrogens with zero attached hydrogens (tertiary/aromatic N) is 2. The van der Waals surface area contributed by atoms with Gasteiger partial charge in [-0.3, -0.25) is 9.59 Å². The molecule has 0 radical (unpaired) electrons. The lowest BCUT2D eigenvalue weighted by Crippen LogP contribution is -3.00. The Hall–Kier alpha value is -2.68. The van der Waals surface area contributed by atoms with Crippen molar-refractivity contribution in [2.45, 2.75) is 18.9 Å². The van der Waals surface area contributed by atoms with Crippen LogP contribution in [0.4, 0.5) is 5.69 Å². The van der Waals surface area contributed by atoms with E-state index < -0.39 is 10.8 Å². The number of methoxy groups -OCH3 is 1. The number of hydrogen-bond donors (Lipinski definition) is 2.